The number of nitrogens with zero attached hydrogens (tertiary/aromatic N) is 1. The van der Waals surface area contributed by atoms with Gasteiger partial charge in [-0.2, -0.15) is 0 Å². The maximum atomic E-state index is 13.9. The van der Waals surface area contributed by atoms with E-state index in [9.17, 15) is 19.2 Å². The number of Topliss-reactive ketones (excluding diaryl/α,β-unsaturated/α-hetero) is 1. The van der Waals surface area contributed by atoms with E-state index >= 15 is 0 Å². The van der Waals surface area contributed by atoms with E-state index in [2.05, 4.69) is 10.6 Å². The zero-order valence-corrected chi connectivity index (χ0v) is 23.7. The number of carbonyl (C=O) groups excluding carboxylic acids is 4. The van der Waals surface area contributed by atoms with Gasteiger partial charge in [0.25, 0.3) is 0 Å². The molecule has 1 saturated heterocycles. The molecule has 0 radical (unpaired) electrons. The topological polar surface area (TPSA) is 117 Å². The Labute approximate surface area is 245 Å². The molecule has 0 aromatic heterocycles. The molecule has 218 valence electrons. The molecule has 5 rings (SSSR count). The van der Waals surface area contributed by atoms with Crippen molar-refractivity contribution in [1.29, 1.82) is 0 Å². The van der Waals surface area contributed by atoms with Crippen LogP contribution in [0.1, 0.15) is 36.1 Å². The smallest absolute Gasteiger partial charge is 0.408 e. The Morgan fingerprint density at radius 2 is 1.50 bits per heavy atom. The molecule has 0 saturated carbocycles. The lowest BCUT2D eigenvalue weighted by atomic mass is 9.91. The third-order valence-electron chi connectivity index (χ3n) is 7.77. The second kappa shape index (κ2) is 12.6. The SMILES string of the molecule is CC(NC(=O)OCc1ccccc1)C(=O)N1Cc2ccccc2CC1C(=O)NC(Cc1ccccc1)C(=O)C1(C)CO1. The van der Waals surface area contributed by atoms with Crippen LogP contribution in [0.2, 0.25) is 0 Å². The van der Waals surface area contributed by atoms with E-state index in [1.54, 1.807) is 13.8 Å². The Morgan fingerprint density at radius 3 is 2.14 bits per heavy atom. The van der Waals surface area contributed by atoms with Gasteiger partial charge in [-0.3, -0.25) is 14.4 Å². The van der Waals surface area contributed by atoms with Crippen LogP contribution in [0.25, 0.3) is 0 Å². The van der Waals surface area contributed by atoms with E-state index in [4.69, 9.17) is 9.47 Å². The first kappa shape index (κ1) is 29.0. The lowest BCUT2D eigenvalue weighted by molar-refractivity contribution is -0.144. The predicted octanol–water partition coefficient (Wildman–Crippen LogP) is 3.34. The number of carbonyl (C=O) groups is 4. The van der Waals surface area contributed by atoms with E-state index in [1.165, 1.54) is 4.90 Å². The maximum absolute atomic E-state index is 13.9. The number of alkyl carbamates (subject to hydrolysis) is 1. The molecule has 9 nitrogen and oxygen atoms in total. The first-order valence-corrected chi connectivity index (χ1v) is 14.1. The van der Waals surface area contributed by atoms with Crippen molar-refractivity contribution >= 4 is 23.7 Å². The molecule has 9 heteroatoms. The lowest BCUT2D eigenvalue weighted by Crippen LogP contribution is -2.59. The fraction of sp³-hybridized carbons (Fsp3) is 0.333. The fourth-order valence-corrected chi connectivity index (χ4v) is 5.19. The summed E-state index contributed by atoms with van der Waals surface area (Å²) in [6.45, 7) is 3.84. The second-order valence-corrected chi connectivity index (χ2v) is 11.0. The van der Waals surface area contributed by atoms with Crippen LogP contribution in [0.5, 0.6) is 0 Å². The Morgan fingerprint density at radius 1 is 0.905 bits per heavy atom. The third-order valence-corrected chi connectivity index (χ3v) is 7.77. The first-order valence-electron chi connectivity index (χ1n) is 14.1. The van der Waals surface area contributed by atoms with E-state index in [1.807, 2.05) is 84.9 Å². The lowest BCUT2D eigenvalue weighted by Gasteiger charge is -2.38. The summed E-state index contributed by atoms with van der Waals surface area (Å²) in [7, 11) is 0. The summed E-state index contributed by atoms with van der Waals surface area (Å²) in [4.78, 5) is 54.9. The summed E-state index contributed by atoms with van der Waals surface area (Å²) in [5.41, 5.74) is 2.66. The molecule has 2 aliphatic heterocycles. The van der Waals surface area contributed by atoms with Gasteiger partial charge < -0.3 is 25.0 Å². The first-order chi connectivity index (χ1) is 20.2. The molecule has 0 spiro atoms. The van der Waals surface area contributed by atoms with Gasteiger partial charge >= 0.3 is 6.09 Å². The van der Waals surface area contributed by atoms with Crippen LogP contribution in [0, 0.1) is 0 Å². The largest absolute Gasteiger partial charge is 0.445 e. The van der Waals surface area contributed by atoms with Gasteiger partial charge in [-0.25, -0.2) is 4.79 Å². The molecule has 1 fully saturated rings. The molecule has 4 atom stereocenters. The van der Waals surface area contributed by atoms with Gasteiger partial charge in [0.2, 0.25) is 11.8 Å². The highest BCUT2D eigenvalue weighted by Gasteiger charge is 2.50. The van der Waals surface area contributed by atoms with Crippen LogP contribution in [-0.4, -0.2) is 58.9 Å². The minimum absolute atomic E-state index is 0.0647. The van der Waals surface area contributed by atoms with Gasteiger partial charge in [-0.1, -0.05) is 84.9 Å². The van der Waals surface area contributed by atoms with Gasteiger partial charge in [0.15, 0.2) is 5.78 Å². The van der Waals surface area contributed by atoms with Gasteiger partial charge in [0.05, 0.1) is 12.6 Å². The highest BCUT2D eigenvalue weighted by atomic mass is 16.6. The van der Waals surface area contributed by atoms with Crippen molar-refractivity contribution in [3.63, 3.8) is 0 Å². The summed E-state index contributed by atoms with van der Waals surface area (Å²) in [5, 5.41) is 5.54. The van der Waals surface area contributed by atoms with Gasteiger partial charge in [-0.05, 0) is 42.5 Å². The summed E-state index contributed by atoms with van der Waals surface area (Å²) in [6.07, 6.45) is -0.157. The van der Waals surface area contributed by atoms with Gasteiger partial charge in [0, 0.05) is 13.0 Å². The van der Waals surface area contributed by atoms with Crippen molar-refractivity contribution in [2.24, 2.45) is 0 Å². The number of ether oxygens (including phenoxy) is 2. The average molecular weight is 570 g/mol. The van der Waals surface area contributed by atoms with Crippen LogP contribution in [-0.2, 0) is 49.9 Å². The average Bonchev–Trinajstić information content (AvgIpc) is 3.77. The van der Waals surface area contributed by atoms with Gasteiger partial charge in [0.1, 0.15) is 24.3 Å². The summed E-state index contributed by atoms with van der Waals surface area (Å²) < 4.78 is 10.7. The minimum atomic E-state index is -0.950. The fourth-order valence-electron chi connectivity index (χ4n) is 5.19. The number of hydrogen-bond acceptors (Lipinski definition) is 6. The summed E-state index contributed by atoms with van der Waals surface area (Å²) in [6, 6.07) is 23.7. The molecule has 0 bridgehead atoms. The van der Waals surface area contributed by atoms with Crippen LogP contribution < -0.4 is 10.6 Å². The Balaban J connectivity index is 1.31. The number of fused-ring (bicyclic) bond motifs is 1. The molecule has 42 heavy (non-hydrogen) atoms. The standard InChI is InChI=1S/C33H35N3O6/c1-22(34-32(40)41-20-24-13-7-4-8-14-24)31(39)36-19-26-16-10-9-15-25(26)18-28(36)30(38)35-27(29(37)33(2)21-42-33)17-23-11-5-3-6-12-23/h3-16,22,27-28H,17-21H2,1-2H3,(H,34,40)(H,35,38). The number of nitrogens with one attached hydrogen (secondary N) is 2. The maximum Gasteiger partial charge on any atom is 0.408 e. The van der Waals surface area contributed by atoms with Gasteiger partial charge in [-0.15, -0.1) is 0 Å². The molecule has 3 amide bonds. The van der Waals surface area contributed by atoms with Crippen molar-refractivity contribution in [1.82, 2.24) is 15.5 Å². The minimum Gasteiger partial charge on any atom is -0.445 e. The zero-order chi connectivity index (χ0) is 29.7. The number of ketones is 1. The Bertz CT molecular complexity index is 1440. The summed E-state index contributed by atoms with van der Waals surface area (Å²) >= 11 is 0. The van der Waals surface area contributed by atoms with E-state index in [0.717, 1.165) is 22.3 Å². The predicted molar refractivity (Wildman–Crippen MR) is 155 cm³/mol. The van der Waals surface area contributed by atoms with Crippen LogP contribution in [0.4, 0.5) is 4.79 Å². The number of hydrogen-bond donors (Lipinski definition) is 2. The molecule has 3 aromatic carbocycles. The highest BCUT2D eigenvalue weighted by molar-refractivity contribution is 5.98. The molecular weight excluding hydrogens is 534 g/mol. The van der Waals surface area contributed by atoms with E-state index in [-0.39, 0.29) is 25.4 Å². The zero-order valence-electron chi connectivity index (χ0n) is 23.7. The van der Waals surface area contributed by atoms with E-state index < -0.39 is 41.6 Å². The third kappa shape index (κ3) is 6.86. The van der Waals surface area contributed by atoms with Crippen molar-refractivity contribution in [2.75, 3.05) is 6.61 Å². The monoisotopic (exact) mass is 569 g/mol. The molecular formula is C33H35N3O6. The molecule has 0 aliphatic carbocycles. The highest BCUT2D eigenvalue weighted by Crippen LogP contribution is 2.30. The number of epoxide rings is 1. The molecule has 4 unspecified atom stereocenters. The van der Waals surface area contributed by atoms with Crippen LogP contribution in [0.15, 0.2) is 84.9 Å². The van der Waals surface area contributed by atoms with Crippen molar-refractivity contribution in [3.05, 3.63) is 107 Å². The van der Waals surface area contributed by atoms with Crippen molar-refractivity contribution in [3.8, 4) is 0 Å². The number of amides is 3. The Kier molecular flexibility index (Phi) is 8.68. The number of rotatable bonds is 10. The molecule has 2 aliphatic rings. The summed E-state index contributed by atoms with van der Waals surface area (Å²) in [5.74, 6) is -1.06. The molecule has 2 heterocycles. The molecule has 3 aromatic rings. The van der Waals surface area contributed by atoms with E-state index in [0.29, 0.717) is 13.0 Å². The quantitative estimate of drug-likeness (QED) is 0.362. The van der Waals surface area contributed by atoms with Crippen LogP contribution in [0.3, 0.4) is 0 Å². The van der Waals surface area contributed by atoms with Crippen molar-refractivity contribution < 1.29 is 28.7 Å². The molecule has 2 N–H and O–H groups in total. The second-order valence-electron chi connectivity index (χ2n) is 11.0. The number of benzene rings is 3. The normalized spacial score (nSPS) is 20.4. The van der Waals surface area contributed by atoms with Crippen LogP contribution >= 0.6 is 0 Å². The Hall–Kier alpha value is -4.50. The van der Waals surface area contributed by atoms with Crippen molar-refractivity contribution in [2.45, 2.75) is 63.6 Å².